The number of thioether (sulfide) groups is 1. The summed E-state index contributed by atoms with van der Waals surface area (Å²) in [5.41, 5.74) is 0.185. The molecule has 0 spiro atoms. The van der Waals surface area contributed by atoms with E-state index in [0.29, 0.717) is 27.1 Å². The second kappa shape index (κ2) is 7.78. The van der Waals surface area contributed by atoms with Crippen LogP contribution in [-0.2, 0) is 17.9 Å². The summed E-state index contributed by atoms with van der Waals surface area (Å²) in [6.45, 7) is 2.06. The summed E-state index contributed by atoms with van der Waals surface area (Å²) in [4.78, 5) is 3.92. The zero-order valence-corrected chi connectivity index (χ0v) is 15.7. The highest BCUT2D eigenvalue weighted by Gasteiger charge is 2.32. The van der Waals surface area contributed by atoms with E-state index >= 15 is 0 Å². The molecule has 9 heteroatoms. The predicted molar refractivity (Wildman–Crippen MR) is 97.8 cm³/mol. The van der Waals surface area contributed by atoms with Gasteiger partial charge in [0, 0.05) is 33.2 Å². The Balaban J connectivity index is 1.80. The Morgan fingerprint density at radius 2 is 2.16 bits per heavy atom. The zero-order chi connectivity index (χ0) is 17.9. The monoisotopic (exact) mass is 398 g/mol. The molecule has 25 heavy (non-hydrogen) atoms. The molecule has 132 valence electrons. The number of benzene rings is 1. The van der Waals surface area contributed by atoms with Gasteiger partial charge >= 0.3 is 0 Å². The van der Waals surface area contributed by atoms with Crippen LogP contribution < -0.4 is 0 Å². The van der Waals surface area contributed by atoms with Gasteiger partial charge in [-0.05, 0) is 19.1 Å². The molecule has 0 bridgehead atoms. The highest BCUT2D eigenvalue weighted by atomic mass is 35.5. The Bertz CT molecular complexity index is 841. The van der Waals surface area contributed by atoms with E-state index in [9.17, 15) is 5.11 Å². The highest BCUT2D eigenvalue weighted by Crippen LogP contribution is 2.35. The molecule has 0 aliphatic rings. The van der Waals surface area contributed by atoms with Crippen LogP contribution in [0.4, 0.5) is 0 Å². The molecule has 2 aromatic heterocycles. The van der Waals surface area contributed by atoms with Crippen molar-refractivity contribution >= 4 is 35.0 Å². The largest absolute Gasteiger partial charge is 0.382 e. The van der Waals surface area contributed by atoms with Crippen LogP contribution in [0.2, 0.25) is 10.0 Å². The summed E-state index contributed by atoms with van der Waals surface area (Å²) in [5, 5.41) is 20.3. The van der Waals surface area contributed by atoms with Gasteiger partial charge in [-0.1, -0.05) is 34.4 Å². The summed E-state index contributed by atoms with van der Waals surface area (Å²) < 4.78 is 6.64. The minimum absolute atomic E-state index is 0.221. The van der Waals surface area contributed by atoms with Gasteiger partial charge in [-0.3, -0.25) is 0 Å². The lowest BCUT2D eigenvalue weighted by Crippen LogP contribution is -2.35. The molecule has 1 atom stereocenters. The number of aromatic nitrogens is 4. The maximum atomic E-state index is 11.3. The van der Waals surface area contributed by atoms with Crippen molar-refractivity contribution in [2.75, 3.05) is 5.75 Å². The van der Waals surface area contributed by atoms with Crippen LogP contribution in [-0.4, -0.2) is 30.8 Å². The average Bonchev–Trinajstić information content (AvgIpc) is 3.19. The van der Waals surface area contributed by atoms with Crippen LogP contribution in [0.3, 0.4) is 0 Å². The third-order valence-electron chi connectivity index (χ3n) is 3.59. The molecule has 0 radical (unpaired) electrons. The van der Waals surface area contributed by atoms with Crippen LogP contribution >= 0.6 is 35.0 Å². The summed E-state index contributed by atoms with van der Waals surface area (Å²) >= 11 is 13.8. The third kappa shape index (κ3) is 4.55. The summed E-state index contributed by atoms with van der Waals surface area (Å²) in [6, 6.07) is 6.94. The molecule has 1 aromatic carbocycles. The zero-order valence-electron chi connectivity index (χ0n) is 13.4. The molecule has 6 nitrogen and oxygen atoms in total. The second-order valence-corrected chi connectivity index (χ2v) is 7.50. The minimum atomic E-state index is -1.24. The van der Waals surface area contributed by atoms with E-state index < -0.39 is 5.60 Å². The molecule has 3 aromatic rings. The van der Waals surface area contributed by atoms with Crippen molar-refractivity contribution in [3.05, 3.63) is 64.0 Å². The molecular formula is C16H16Cl2N4O2S. The van der Waals surface area contributed by atoms with E-state index in [1.54, 1.807) is 29.2 Å². The quantitative estimate of drug-likeness (QED) is 0.653. The van der Waals surface area contributed by atoms with Crippen molar-refractivity contribution in [2.45, 2.75) is 24.8 Å². The Hall–Kier alpha value is -1.54. The smallest absolute Gasteiger partial charge is 0.137 e. The molecule has 0 aliphatic carbocycles. The van der Waals surface area contributed by atoms with Gasteiger partial charge in [0.05, 0.1) is 12.2 Å². The SMILES string of the molecule is Cc1cc(CSCC(O)(Cn2cncn2)c2ccc(Cl)cc2Cl)no1. The molecule has 1 unspecified atom stereocenters. The summed E-state index contributed by atoms with van der Waals surface area (Å²) in [5.74, 6) is 1.76. The fraction of sp³-hybridized carbons (Fsp3) is 0.312. The molecule has 0 saturated carbocycles. The molecule has 3 rings (SSSR count). The van der Waals surface area contributed by atoms with Crippen LogP contribution in [0.1, 0.15) is 17.0 Å². The number of halogens is 2. The van der Waals surface area contributed by atoms with Crippen LogP contribution in [0, 0.1) is 6.92 Å². The summed E-state index contributed by atoms with van der Waals surface area (Å²) in [6.07, 6.45) is 2.98. The van der Waals surface area contributed by atoms with Gasteiger partial charge < -0.3 is 9.63 Å². The van der Waals surface area contributed by atoms with Crippen molar-refractivity contribution in [3.8, 4) is 0 Å². The van der Waals surface area contributed by atoms with E-state index in [4.69, 9.17) is 27.7 Å². The van der Waals surface area contributed by atoms with Crippen LogP contribution in [0.5, 0.6) is 0 Å². The van der Waals surface area contributed by atoms with Crippen molar-refractivity contribution in [1.82, 2.24) is 19.9 Å². The maximum Gasteiger partial charge on any atom is 0.137 e. The van der Waals surface area contributed by atoms with Crippen molar-refractivity contribution in [1.29, 1.82) is 0 Å². The molecule has 1 N–H and O–H groups in total. The lowest BCUT2D eigenvalue weighted by molar-refractivity contribution is 0.0397. The maximum absolute atomic E-state index is 11.3. The first-order valence-electron chi connectivity index (χ1n) is 7.46. The van der Waals surface area contributed by atoms with Crippen molar-refractivity contribution in [3.63, 3.8) is 0 Å². The number of hydrogen-bond acceptors (Lipinski definition) is 6. The van der Waals surface area contributed by atoms with E-state index in [-0.39, 0.29) is 6.54 Å². The van der Waals surface area contributed by atoms with E-state index in [1.165, 1.54) is 18.1 Å². The Labute approximate surface area is 159 Å². The van der Waals surface area contributed by atoms with E-state index in [2.05, 4.69) is 15.2 Å². The first-order chi connectivity index (χ1) is 12.0. The lowest BCUT2D eigenvalue weighted by Gasteiger charge is -2.29. The average molecular weight is 399 g/mol. The predicted octanol–water partition coefficient (Wildman–Crippen LogP) is 3.70. The Morgan fingerprint density at radius 3 is 2.80 bits per heavy atom. The molecule has 0 fully saturated rings. The first kappa shape index (κ1) is 18.3. The minimum Gasteiger partial charge on any atom is -0.382 e. The van der Waals surface area contributed by atoms with Gasteiger partial charge in [-0.2, -0.15) is 16.9 Å². The first-order valence-corrected chi connectivity index (χ1v) is 9.37. The van der Waals surface area contributed by atoms with Gasteiger partial charge in [-0.15, -0.1) is 0 Å². The van der Waals surface area contributed by atoms with Crippen molar-refractivity contribution < 1.29 is 9.63 Å². The second-order valence-electron chi connectivity index (χ2n) is 5.67. The Morgan fingerprint density at radius 1 is 1.32 bits per heavy atom. The number of aryl methyl sites for hydroxylation is 1. The number of rotatable bonds is 7. The molecule has 0 saturated heterocycles. The molecule has 2 heterocycles. The van der Waals surface area contributed by atoms with Gasteiger partial charge in [0.1, 0.15) is 24.0 Å². The molecule has 0 amide bonds. The lowest BCUT2D eigenvalue weighted by atomic mass is 9.95. The van der Waals surface area contributed by atoms with Gasteiger partial charge in [-0.25, -0.2) is 9.67 Å². The van der Waals surface area contributed by atoms with Gasteiger partial charge in [0.15, 0.2) is 0 Å². The van der Waals surface area contributed by atoms with Gasteiger partial charge in [0.2, 0.25) is 0 Å². The molecule has 0 aliphatic heterocycles. The normalized spacial score (nSPS) is 13.8. The fourth-order valence-corrected chi connectivity index (χ4v) is 4.08. The van der Waals surface area contributed by atoms with E-state index in [1.807, 2.05) is 13.0 Å². The standard InChI is InChI=1S/C16H16Cl2N4O2S/c1-11-4-13(21-24-11)6-25-8-16(23,7-22-10-19-9-20-22)14-3-2-12(17)5-15(14)18/h2-5,9-10,23H,6-8H2,1H3. The number of nitrogens with zero attached hydrogens (tertiary/aromatic N) is 4. The van der Waals surface area contributed by atoms with Crippen LogP contribution in [0.25, 0.3) is 0 Å². The Kier molecular flexibility index (Phi) is 5.68. The fourth-order valence-electron chi connectivity index (χ4n) is 2.47. The highest BCUT2D eigenvalue weighted by molar-refractivity contribution is 7.98. The number of aliphatic hydroxyl groups is 1. The summed E-state index contributed by atoms with van der Waals surface area (Å²) in [7, 11) is 0. The van der Waals surface area contributed by atoms with Gasteiger partial charge in [0.25, 0.3) is 0 Å². The number of hydrogen-bond donors (Lipinski definition) is 1. The third-order valence-corrected chi connectivity index (χ3v) is 5.32. The van der Waals surface area contributed by atoms with Crippen LogP contribution in [0.15, 0.2) is 41.4 Å². The topological polar surface area (TPSA) is 77.0 Å². The molecular weight excluding hydrogens is 383 g/mol. The van der Waals surface area contributed by atoms with Crippen molar-refractivity contribution in [2.24, 2.45) is 0 Å². The van der Waals surface area contributed by atoms with E-state index in [0.717, 1.165) is 11.5 Å².